The Morgan fingerprint density at radius 1 is 1.16 bits per heavy atom. The fourth-order valence-corrected chi connectivity index (χ4v) is 2.36. The van der Waals surface area contributed by atoms with E-state index in [0.29, 0.717) is 5.56 Å². The van der Waals surface area contributed by atoms with E-state index in [1.165, 1.54) is 0 Å². The smallest absolute Gasteiger partial charge is 0.116 e. The van der Waals surface area contributed by atoms with Crippen molar-refractivity contribution in [2.45, 2.75) is 0 Å². The van der Waals surface area contributed by atoms with Gasteiger partial charge in [-0.2, -0.15) is 0 Å². The third-order valence-corrected chi connectivity index (χ3v) is 3.34. The van der Waals surface area contributed by atoms with Crippen molar-refractivity contribution in [3.8, 4) is 16.9 Å². The number of aromatic nitrogens is 1. The molecule has 0 saturated heterocycles. The predicted octanol–water partition coefficient (Wildman–Crippen LogP) is 3.17. The third kappa shape index (κ3) is 2.06. The molecule has 0 amide bonds. The van der Waals surface area contributed by atoms with Crippen LogP contribution < -0.4 is 5.73 Å². The lowest BCUT2D eigenvalue weighted by Crippen LogP contribution is -2.09. The molecule has 2 aromatic carbocycles. The van der Waals surface area contributed by atoms with Crippen molar-refractivity contribution in [2.75, 3.05) is 0 Å². The zero-order valence-corrected chi connectivity index (χ0v) is 10.9. The van der Waals surface area contributed by atoms with Crippen LogP contribution in [0.25, 0.3) is 22.0 Å². The molecule has 4 N–H and O–H groups in total. The molecule has 3 aromatic rings. The molecule has 3 rings (SSSR count). The second-order valence-electron chi connectivity index (χ2n) is 4.38. The van der Waals surface area contributed by atoms with Crippen LogP contribution in [-0.2, 0) is 0 Å². The van der Waals surface area contributed by atoms with Crippen LogP contribution in [-0.4, -0.2) is 15.1 Å². The van der Waals surface area contributed by atoms with E-state index >= 15 is 0 Å². The fraction of sp³-hybridized carbons (Fsp3) is 0. The van der Waals surface area contributed by atoms with Crippen molar-refractivity contribution in [3.63, 3.8) is 0 Å². The maximum absolute atomic E-state index is 9.80. The predicted molar refractivity (Wildman–Crippen MR) is 81.3 cm³/mol. The molecule has 0 bridgehead atoms. The summed E-state index contributed by atoms with van der Waals surface area (Å²) in [5.74, 6) is 0.160. The van der Waals surface area contributed by atoms with Gasteiger partial charge < -0.3 is 15.8 Å². The van der Waals surface area contributed by atoms with Crippen molar-refractivity contribution in [2.24, 2.45) is 5.73 Å². The number of nitrogens with two attached hydrogens (primary N) is 1. The fourth-order valence-electron chi connectivity index (χ4n) is 2.25. The first-order valence-electron chi connectivity index (χ1n) is 5.85. The van der Waals surface area contributed by atoms with E-state index in [4.69, 9.17) is 18.0 Å². The summed E-state index contributed by atoms with van der Waals surface area (Å²) >= 11 is 4.97. The molecule has 3 nitrogen and oxygen atoms in total. The molecule has 0 unspecified atom stereocenters. The van der Waals surface area contributed by atoms with E-state index in [2.05, 4.69) is 4.98 Å². The minimum Gasteiger partial charge on any atom is -0.508 e. The molecule has 0 radical (unpaired) electrons. The van der Waals surface area contributed by atoms with Crippen LogP contribution in [0.5, 0.6) is 5.75 Å². The Bertz CT molecular complexity index is 777. The molecule has 0 spiro atoms. The number of H-pyrrole nitrogens is 1. The van der Waals surface area contributed by atoms with Gasteiger partial charge in [-0.15, -0.1) is 0 Å². The average Bonchev–Trinajstić information content (AvgIpc) is 2.85. The number of thiocarbonyl (C=S) groups is 1. The first-order chi connectivity index (χ1) is 9.15. The summed E-state index contributed by atoms with van der Waals surface area (Å²) in [6.07, 6.45) is 1.89. The van der Waals surface area contributed by atoms with Gasteiger partial charge in [-0.05, 0) is 41.5 Å². The zero-order valence-electron chi connectivity index (χ0n) is 10.1. The molecule has 0 aliphatic rings. The number of aromatic hydroxyl groups is 1. The molecular weight excluding hydrogens is 256 g/mol. The lowest BCUT2D eigenvalue weighted by Gasteiger charge is -2.07. The highest BCUT2D eigenvalue weighted by Crippen LogP contribution is 2.31. The number of fused-ring (bicyclic) bond motifs is 1. The highest BCUT2D eigenvalue weighted by atomic mass is 32.1. The highest BCUT2D eigenvalue weighted by molar-refractivity contribution is 7.80. The summed E-state index contributed by atoms with van der Waals surface area (Å²) in [5.41, 5.74) is 9.28. The standard InChI is InChI=1S/C15H12N2OS/c16-15(19)10-6-9(7-11(18)8-10)12-2-1-3-14-13(12)4-5-17-14/h1-8,17-18H,(H2,16,19). The van der Waals surface area contributed by atoms with Crippen molar-refractivity contribution in [1.82, 2.24) is 4.98 Å². The number of nitrogens with one attached hydrogen (secondary N) is 1. The number of phenolic OH excluding ortho intramolecular Hbond substituents is 1. The van der Waals surface area contributed by atoms with Gasteiger partial charge >= 0.3 is 0 Å². The molecule has 0 aliphatic carbocycles. The van der Waals surface area contributed by atoms with Crippen molar-refractivity contribution in [3.05, 3.63) is 54.2 Å². The van der Waals surface area contributed by atoms with Crippen molar-refractivity contribution in [1.29, 1.82) is 0 Å². The summed E-state index contributed by atoms with van der Waals surface area (Å²) in [7, 11) is 0. The zero-order chi connectivity index (χ0) is 13.4. The highest BCUT2D eigenvalue weighted by Gasteiger charge is 2.08. The normalized spacial score (nSPS) is 10.7. The maximum atomic E-state index is 9.80. The SMILES string of the molecule is NC(=S)c1cc(O)cc(-c2cccc3[nH]ccc23)c1. The largest absolute Gasteiger partial charge is 0.508 e. The molecule has 1 aromatic heterocycles. The average molecular weight is 268 g/mol. The van der Waals surface area contributed by atoms with Crippen LogP contribution in [0.15, 0.2) is 48.7 Å². The topological polar surface area (TPSA) is 62.0 Å². The van der Waals surface area contributed by atoms with Gasteiger partial charge in [0.25, 0.3) is 0 Å². The molecule has 0 aliphatic heterocycles. The van der Waals surface area contributed by atoms with Gasteiger partial charge in [0.05, 0.1) is 0 Å². The van der Waals surface area contributed by atoms with Gasteiger partial charge in [0.1, 0.15) is 10.7 Å². The summed E-state index contributed by atoms with van der Waals surface area (Å²) in [5, 5.41) is 10.9. The summed E-state index contributed by atoms with van der Waals surface area (Å²) < 4.78 is 0. The first kappa shape index (κ1) is 11.7. The van der Waals surface area contributed by atoms with E-state index < -0.39 is 0 Å². The quantitative estimate of drug-likeness (QED) is 0.626. The minimum atomic E-state index is 0.160. The van der Waals surface area contributed by atoms with E-state index in [1.54, 1.807) is 12.1 Å². The van der Waals surface area contributed by atoms with Crippen LogP contribution in [0.2, 0.25) is 0 Å². The first-order valence-corrected chi connectivity index (χ1v) is 6.26. The van der Waals surface area contributed by atoms with E-state index in [1.807, 2.05) is 36.5 Å². The maximum Gasteiger partial charge on any atom is 0.116 e. The Hall–Kier alpha value is -2.33. The van der Waals surface area contributed by atoms with Crippen LogP contribution in [0.1, 0.15) is 5.56 Å². The number of hydrogen-bond acceptors (Lipinski definition) is 2. The number of phenols is 1. The number of hydrogen-bond donors (Lipinski definition) is 3. The van der Waals surface area contributed by atoms with Gasteiger partial charge in [0.15, 0.2) is 0 Å². The van der Waals surface area contributed by atoms with Gasteiger partial charge in [-0.1, -0.05) is 24.4 Å². The van der Waals surface area contributed by atoms with Gasteiger partial charge in [0.2, 0.25) is 0 Å². The Morgan fingerprint density at radius 3 is 2.79 bits per heavy atom. The van der Waals surface area contributed by atoms with Gasteiger partial charge in [-0.25, -0.2) is 0 Å². The lowest BCUT2D eigenvalue weighted by molar-refractivity contribution is 0.475. The Morgan fingerprint density at radius 2 is 2.00 bits per heavy atom. The summed E-state index contributed by atoms with van der Waals surface area (Å²) in [6, 6.07) is 13.2. The summed E-state index contributed by atoms with van der Waals surface area (Å²) in [6.45, 7) is 0. The molecule has 94 valence electrons. The van der Waals surface area contributed by atoms with Crippen molar-refractivity contribution >= 4 is 28.1 Å². The Kier molecular flexibility index (Phi) is 2.72. The third-order valence-electron chi connectivity index (χ3n) is 3.11. The van der Waals surface area contributed by atoms with E-state index in [9.17, 15) is 5.11 Å². The molecule has 1 heterocycles. The second-order valence-corrected chi connectivity index (χ2v) is 4.82. The minimum absolute atomic E-state index is 0.160. The molecular formula is C15H12N2OS. The number of aromatic amines is 1. The Labute approximate surface area is 115 Å². The molecule has 4 heteroatoms. The number of benzene rings is 2. The Balaban J connectivity index is 2.26. The van der Waals surface area contributed by atoms with Gasteiger partial charge in [0, 0.05) is 22.7 Å². The van der Waals surface area contributed by atoms with E-state index in [-0.39, 0.29) is 10.7 Å². The second kappa shape index (κ2) is 4.40. The lowest BCUT2D eigenvalue weighted by atomic mass is 9.99. The van der Waals surface area contributed by atoms with Crippen molar-refractivity contribution < 1.29 is 5.11 Å². The van der Waals surface area contributed by atoms with Crippen LogP contribution in [0, 0.1) is 0 Å². The van der Waals surface area contributed by atoms with Gasteiger partial charge in [-0.3, -0.25) is 0 Å². The molecule has 19 heavy (non-hydrogen) atoms. The van der Waals surface area contributed by atoms with Crippen LogP contribution >= 0.6 is 12.2 Å². The molecule has 0 atom stereocenters. The monoisotopic (exact) mass is 268 g/mol. The molecule has 0 fully saturated rings. The molecule has 0 saturated carbocycles. The number of rotatable bonds is 2. The summed E-state index contributed by atoms with van der Waals surface area (Å²) in [4.78, 5) is 3.45. The van der Waals surface area contributed by atoms with E-state index in [0.717, 1.165) is 22.0 Å². The van der Waals surface area contributed by atoms with Crippen LogP contribution in [0.3, 0.4) is 0 Å². The van der Waals surface area contributed by atoms with Crippen LogP contribution in [0.4, 0.5) is 0 Å².